The molecule has 0 aliphatic heterocycles. The number of benzene rings is 1. The van der Waals surface area contributed by atoms with Gasteiger partial charge in [0.25, 0.3) is 0 Å². The van der Waals surface area contributed by atoms with E-state index in [1.165, 1.54) is 16.7 Å². The molecule has 1 aromatic carbocycles. The van der Waals surface area contributed by atoms with Crippen LogP contribution in [0.2, 0.25) is 5.02 Å². The van der Waals surface area contributed by atoms with Crippen LogP contribution in [0.5, 0.6) is 0 Å². The first-order valence-electron chi connectivity index (χ1n) is 5.56. The van der Waals surface area contributed by atoms with Crippen molar-refractivity contribution in [1.82, 2.24) is 9.78 Å². The number of nitrogen functional groups attached to an aromatic ring is 1. The van der Waals surface area contributed by atoms with E-state index in [4.69, 9.17) is 17.3 Å². The van der Waals surface area contributed by atoms with Gasteiger partial charge in [0.15, 0.2) is 0 Å². The SMILES string of the molecule is Cc1ccc(C)c(C(C)n2ncc(Cl)c2N)c1. The summed E-state index contributed by atoms with van der Waals surface area (Å²) in [6.07, 6.45) is 1.58. The Morgan fingerprint density at radius 1 is 1.35 bits per heavy atom. The minimum Gasteiger partial charge on any atom is -0.383 e. The molecule has 3 nitrogen and oxygen atoms in total. The Bertz CT molecular complexity index is 546. The first-order valence-corrected chi connectivity index (χ1v) is 5.94. The lowest BCUT2D eigenvalue weighted by Gasteiger charge is -2.17. The lowest BCUT2D eigenvalue weighted by atomic mass is 10.0. The first kappa shape index (κ1) is 12.0. The van der Waals surface area contributed by atoms with Gasteiger partial charge >= 0.3 is 0 Å². The van der Waals surface area contributed by atoms with E-state index < -0.39 is 0 Å². The van der Waals surface area contributed by atoms with Crippen molar-refractivity contribution < 1.29 is 0 Å². The fourth-order valence-electron chi connectivity index (χ4n) is 2.00. The Kier molecular flexibility index (Phi) is 3.11. The molecule has 1 aromatic heterocycles. The van der Waals surface area contributed by atoms with Crippen molar-refractivity contribution in [3.63, 3.8) is 0 Å². The predicted molar refractivity (Wildman–Crippen MR) is 71.4 cm³/mol. The lowest BCUT2D eigenvalue weighted by Crippen LogP contribution is -2.12. The average Bonchev–Trinajstić information content (AvgIpc) is 2.62. The third-order valence-electron chi connectivity index (χ3n) is 3.04. The van der Waals surface area contributed by atoms with Gasteiger partial charge in [-0.25, -0.2) is 4.68 Å². The predicted octanol–water partition coefficient (Wildman–Crippen LogP) is 3.34. The van der Waals surface area contributed by atoms with Crippen molar-refractivity contribution in [1.29, 1.82) is 0 Å². The number of aromatic nitrogens is 2. The Labute approximate surface area is 106 Å². The number of anilines is 1. The minimum absolute atomic E-state index is 0.0856. The highest BCUT2D eigenvalue weighted by molar-refractivity contribution is 6.32. The van der Waals surface area contributed by atoms with E-state index in [2.05, 4.69) is 44.1 Å². The Balaban J connectivity index is 2.47. The Morgan fingerprint density at radius 3 is 2.65 bits per heavy atom. The number of rotatable bonds is 2. The van der Waals surface area contributed by atoms with E-state index in [0.717, 1.165) is 0 Å². The highest BCUT2D eigenvalue weighted by Gasteiger charge is 2.15. The molecule has 0 saturated heterocycles. The van der Waals surface area contributed by atoms with Crippen LogP contribution in [-0.4, -0.2) is 9.78 Å². The van der Waals surface area contributed by atoms with E-state index in [1.54, 1.807) is 10.9 Å². The van der Waals surface area contributed by atoms with Crippen molar-refractivity contribution >= 4 is 17.4 Å². The van der Waals surface area contributed by atoms with Crippen molar-refractivity contribution in [2.24, 2.45) is 0 Å². The molecule has 90 valence electrons. The van der Waals surface area contributed by atoms with Crippen LogP contribution in [0.15, 0.2) is 24.4 Å². The average molecular weight is 250 g/mol. The normalized spacial score (nSPS) is 12.7. The van der Waals surface area contributed by atoms with Crippen LogP contribution in [0.4, 0.5) is 5.82 Å². The van der Waals surface area contributed by atoms with Crippen LogP contribution in [0.3, 0.4) is 0 Å². The van der Waals surface area contributed by atoms with Gasteiger partial charge in [0.1, 0.15) is 10.8 Å². The van der Waals surface area contributed by atoms with Gasteiger partial charge in [-0.05, 0) is 31.9 Å². The monoisotopic (exact) mass is 249 g/mol. The second-order valence-corrected chi connectivity index (χ2v) is 4.77. The van der Waals surface area contributed by atoms with Crippen LogP contribution < -0.4 is 5.73 Å². The Hall–Kier alpha value is -1.48. The van der Waals surface area contributed by atoms with E-state index in [-0.39, 0.29) is 6.04 Å². The molecular formula is C13H16ClN3. The van der Waals surface area contributed by atoms with Crippen molar-refractivity contribution in [3.05, 3.63) is 46.1 Å². The molecule has 0 bridgehead atoms. The van der Waals surface area contributed by atoms with Crippen LogP contribution in [0.1, 0.15) is 29.7 Å². The molecule has 0 fully saturated rings. The van der Waals surface area contributed by atoms with Gasteiger partial charge < -0.3 is 5.73 Å². The van der Waals surface area contributed by atoms with Gasteiger partial charge in [-0.2, -0.15) is 5.10 Å². The van der Waals surface area contributed by atoms with Gasteiger partial charge in [0.2, 0.25) is 0 Å². The van der Waals surface area contributed by atoms with E-state index in [0.29, 0.717) is 10.8 Å². The third-order valence-corrected chi connectivity index (χ3v) is 3.33. The zero-order valence-corrected chi connectivity index (χ0v) is 11.0. The summed E-state index contributed by atoms with van der Waals surface area (Å²) in [5.41, 5.74) is 9.58. The molecule has 2 rings (SSSR count). The maximum Gasteiger partial charge on any atom is 0.141 e. The van der Waals surface area contributed by atoms with Gasteiger partial charge in [0, 0.05) is 0 Å². The number of nitrogens with zero attached hydrogens (tertiary/aromatic N) is 2. The van der Waals surface area contributed by atoms with Crippen molar-refractivity contribution in [2.75, 3.05) is 5.73 Å². The highest BCUT2D eigenvalue weighted by atomic mass is 35.5. The molecule has 0 amide bonds. The third kappa shape index (κ3) is 2.15. The van der Waals surface area contributed by atoms with Crippen molar-refractivity contribution in [2.45, 2.75) is 26.8 Å². The number of hydrogen-bond acceptors (Lipinski definition) is 2. The van der Waals surface area contributed by atoms with Crippen LogP contribution in [-0.2, 0) is 0 Å². The van der Waals surface area contributed by atoms with Crippen molar-refractivity contribution in [3.8, 4) is 0 Å². The number of aryl methyl sites for hydroxylation is 2. The molecule has 0 aliphatic carbocycles. The molecule has 2 aromatic rings. The summed E-state index contributed by atoms with van der Waals surface area (Å²) >= 11 is 5.92. The summed E-state index contributed by atoms with van der Waals surface area (Å²) in [4.78, 5) is 0. The summed E-state index contributed by atoms with van der Waals surface area (Å²) in [5, 5.41) is 4.72. The smallest absolute Gasteiger partial charge is 0.141 e. The topological polar surface area (TPSA) is 43.8 Å². The summed E-state index contributed by atoms with van der Waals surface area (Å²) in [7, 11) is 0. The van der Waals surface area contributed by atoms with E-state index in [1.807, 2.05) is 0 Å². The molecule has 1 atom stereocenters. The largest absolute Gasteiger partial charge is 0.383 e. The molecule has 1 unspecified atom stereocenters. The molecule has 0 saturated carbocycles. The number of hydrogen-bond donors (Lipinski definition) is 1. The van der Waals surface area contributed by atoms with Gasteiger partial charge in [-0.3, -0.25) is 0 Å². The molecular weight excluding hydrogens is 234 g/mol. The maximum atomic E-state index is 5.92. The van der Waals surface area contributed by atoms with Crippen LogP contribution in [0, 0.1) is 13.8 Å². The Morgan fingerprint density at radius 2 is 2.06 bits per heavy atom. The molecule has 0 aliphatic rings. The summed E-state index contributed by atoms with van der Waals surface area (Å²) in [6, 6.07) is 6.46. The second-order valence-electron chi connectivity index (χ2n) is 4.36. The zero-order valence-electron chi connectivity index (χ0n) is 10.2. The summed E-state index contributed by atoms with van der Waals surface area (Å²) in [5.74, 6) is 0.514. The van der Waals surface area contributed by atoms with Gasteiger partial charge in [-0.1, -0.05) is 35.4 Å². The van der Waals surface area contributed by atoms with Crippen LogP contribution in [0.25, 0.3) is 0 Å². The zero-order chi connectivity index (χ0) is 12.6. The fraction of sp³-hybridized carbons (Fsp3) is 0.308. The molecule has 4 heteroatoms. The number of halogens is 1. The summed E-state index contributed by atoms with van der Waals surface area (Å²) < 4.78 is 1.75. The maximum absolute atomic E-state index is 5.92. The quantitative estimate of drug-likeness (QED) is 0.887. The summed E-state index contributed by atoms with van der Waals surface area (Å²) in [6.45, 7) is 6.24. The van der Waals surface area contributed by atoms with E-state index >= 15 is 0 Å². The molecule has 0 spiro atoms. The van der Waals surface area contributed by atoms with Gasteiger partial charge in [-0.15, -0.1) is 0 Å². The highest BCUT2D eigenvalue weighted by Crippen LogP contribution is 2.27. The number of nitrogens with two attached hydrogens (primary N) is 1. The molecule has 17 heavy (non-hydrogen) atoms. The lowest BCUT2D eigenvalue weighted by molar-refractivity contribution is 0.570. The molecule has 0 radical (unpaired) electrons. The molecule has 2 N–H and O–H groups in total. The molecule has 1 heterocycles. The standard InChI is InChI=1S/C13H16ClN3/c1-8-4-5-9(2)11(6-8)10(3)17-13(15)12(14)7-16-17/h4-7,10H,15H2,1-3H3. The fourth-order valence-corrected chi connectivity index (χ4v) is 2.13. The van der Waals surface area contributed by atoms with Crippen LogP contribution >= 0.6 is 11.6 Å². The van der Waals surface area contributed by atoms with E-state index in [9.17, 15) is 0 Å². The first-order chi connectivity index (χ1) is 8.00. The van der Waals surface area contributed by atoms with Gasteiger partial charge in [0.05, 0.1) is 12.2 Å². The minimum atomic E-state index is 0.0856. The second kappa shape index (κ2) is 4.41.